The molecule has 7 heteroatoms. The molecule has 2 aromatic heterocycles. The van der Waals surface area contributed by atoms with Crippen LogP contribution in [0.3, 0.4) is 0 Å². The Labute approximate surface area is 127 Å². The molecule has 1 saturated heterocycles. The van der Waals surface area contributed by atoms with Crippen molar-refractivity contribution in [1.29, 1.82) is 0 Å². The lowest BCUT2D eigenvalue weighted by atomic mass is 10.2. The highest BCUT2D eigenvalue weighted by atomic mass is 16.7. The van der Waals surface area contributed by atoms with E-state index in [4.69, 9.17) is 10.6 Å². The molecule has 1 fully saturated rings. The molecule has 1 aliphatic rings. The van der Waals surface area contributed by atoms with Gasteiger partial charge in [0.05, 0.1) is 6.33 Å². The van der Waals surface area contributed by atoms with Gasteiger partial charge in [-0.3, -0.25) is 9.40 Å². The topological polar surface area (TPSA) is 82.1 Å². The first kappa shape index (κ1) is 13.2. The first-order valence-electron chi connectivity index (χ1n) is 7.20. The second-order valence-corrected chi connectivity index (χ2v) is 5.28. The average Bonchev–Trinajstić information content (AvgIpc) is 3.15. The zero-order valence-electron chi connectivity index (χ0n) is 12.0. The Kier molecular flexibility index (Phi) is 3.21. The predicted molar refractivity (Wildman–Crippen MR) is 81.3 cm³/mol. The number of benzene rings is 1. The fourth-order valence-corrected chi connectivity index (χ4v) is 2.71. The zero-order chi connectivity index (χ0) is 14.9. The molecule has 0 bridgehead atoms. The predicted octanol–water partition coefficient (Wildman–Crippen LogP) is 1.74. The van der Waals surface area contributed by atoms with E-state index in [1.807, 2.05) is 27.8 Å². The van der Waals surface area contributed by atoms with Crippen molar-refractivity contribution in [1.82, 2.24) is 24.6 Å². The molecule has 3 heterocycles. The van der Waals surface area contributed by atoms with Gasteiger partial charge in [0.15, 0.2) is 17.7 Å². The van der Waals surface area contributed by atoms with E-state index < -0.39 is 0 Å². The lowest BCUT2D eigenvalue weighted by Crippen LogP contribution is -2.18. The summed E-state index contributed by atoms with van der Waals surface area (Å²) < 4.78 is 1.92. The Morgan fingerprint density at radius 3 is 2.91 bits per heavy atom. The van der Waals surface area contributed by atoms with Crippen LogP contribution in [0.15, 0.2) is 43.0 Å². The minimum absolute atomic E-state index is 0.108. The van der Waals surface area contributed by atoms with Gasteiger partial charge in [-0.15, -0.1) is 0 Å². The fourth-order valence-electron chi connectivity index (χ4n) is 2.71. The summed E-state index contributed by atoms with van der Waals surface area (Å²) in [4.78, 5) is 18.5. The van der Waals surface area contributed by atoms with Gasteiger partial charge in [0.2, 0.25) is 0 Å². The summed E-state index contributed by atoms with van der Waals surface area (Å²) in [5.41, 5.74) is 8.37. The normalized spacial score (nSPS) is 19.0. The van der Waals surface area contributed by atoms with E-state index in [-0.39, 0.29) is 6.23 Å². The highest BCUT2D eigenvalue weighted by Gasteiger charge is 2.27. The largest absolute Gasteiger partial charge is 0.382 e. The summed E-state index contributed by atoms with van der Waals surface area (Å²) in [7, 11) is 0. The van der Waals surface area contributed by atoms with Crippen molar-refractivity contribution in [2.45, 2.75) is 19.2 Å². The SMILES string of the molecule is Nc1ncnc2c1ncn2C1CCN(Cc2ccccc2)O1. The molecular weight excluding hydrogens is 280 g/mol. The van der Waals surface area contributed by atoms with E-state index in [1.54, 1.807) is 6.33 Å². The molecule has 1 aromatic carbocycles. The molecule has 0 spiro atoms. The number of hydrogen-bond acceptors (Lipinski definition) is 6. The molecule has 0 radical (unpaired) electrons. The molecule has 0 saturated carbocycles. The van der Waals surface area contributed by atoms with E-state index in [1.165, 1.54) is 11.9 Å². The Morgan fingerprint density at radius 2 is 2.05 bits per heavy atom. The van der Waals surface area contributed by atoms with Crippen molar-refractivity contribution in [3.05, 3.63) is 48.5 Å². The Bertz CT molecular complexity index is 787. The molecule has 1 atom stereocenters. The molecule has 0 aliphatic carbocycles. The number of imidazole rings is 1. The number of fused-ring (bicyclic) bond motifs is 1. The van der Waals surface area contributed by atoms with E-state index in [0.717, 1.165) is 19.5 Å². The second-order valence-electron chi connectivity index (χ2n) is 5.28. The number of nitrogens with zero attached hydrogens (tertiary/aromatic N) is 5. The van der Waals surface area contributed by atoms with Gasteiger partial charge in [-0.1, -0.05) is 30.3 Å². The third kappa shape index (κ3) is 2.30. The molecule has 2 N–H and O–H groups in total. The first-order valence-corrected chi connectivity index (χ1v) is 7.20. The van der Waals surface area contributed by atoms with Gasteiger partial charge in [0, 0.05) is 19.5 Å². The van der Waals surface area contributed by atoms with Gasteiger partial charge in [-0.05, 0) is 5.56 Å². The summed E-state index contributed by atoms with van der Waals surface area (Å²) >= 11 is 0. The maximum absolute atomic E-state index is 6.01. The lowest BCUT2D eigenvalue weighted by Gasteiger charge is -2.17. The highest BCUT2D eigenvalue weighted by Crippen LogP contribution is 2.28. The summed E-state index contributed by atoms with van der Waals surface area (Å²) in [6, 6.07) is 10.3. The summed E-state index contributed by atoms with van der Waals surface area (Å²) in [5.74, 6) is 0.392. The van der Waals surface area contributed by atoms with Crippen molar-refractivity contribution < 1.29 is 4.84 Å². The van der Waals surface area contributed by atoms with Crippen molar-refractivity contribution in [2.24, 2.45) is 0 Å². The molecular formula is C15H16N6O. The average molecular weight is 296 g/mol. The Hall–Kier alpha value is -2.51. The molecule has 3 aromatic rings. The van der Waals surface area contributed by atoms with Gasteiger partial charge in [-0.2, -0.15) is 5.06 Å². The molecule has 22 heavy (non-hydrogen) atoms. The van der Waals surface area contributed by atoms with E-state index in [9.17, 15) is 0 Å². The van der Waals surface area contributed by atoms with Gasteiger partial charge in [-0.25, -0.2) is 15.0 Å². The summed E-state index contributed by atoms with van der Waals surface area (Å²) in [5, 5.41) is 1.97. The van der Waals surface area contributed by atoms with Crippen LogP contribution < -0.4 is 5.73 Å². The minimum atomic E-state index is -0.108. The fraction of sp³-hybridized carbons (Fsp3) is 0.267. The van der Waals surface area contributed by atoms with Crippen molar-refractivity contribution in [3.63, 3.8) is 0 Å². The maximum atomic E-state index is 6.01. The quantitative estimate of drug-likeness (QED) is 0.793. The molecule has 112 valence electrons. The van der Waals surface area contributed by atoms with Gasteiger partial charge in [0.25, 0.3) is 0 Å². The van der Waals surface area contributed by atoms with Crippen LogP contribution in [0.5, 0.6) is 0 Å². The molecule has 0 amide bonds. The summed E-state index contributed by atoms with van der Waals surface area (Å²) in [6.07, 6.45) is 3.93. The second kappa shape index (κ2) is 5.36. The standard InChI is InChI=1S/C15H16N6O/c16-14-13-15(18-9-17-14)21(10-19-13)12-6-7-20(22-12)8-11-4-2-1-3-5-11/h1-5,9-10,12H,6-8H2,(H2,16,17,18). The van der Waals surface area contributed by atoms with Crippen LogP contribution in [0, 0.1) is 0 Å². The molecule has 1 aliphatic heterocycles. The van der Waals surface area contributed by atoms with E-state index >= 15 is 0 Å². The van der Waals surface area contributed by atoms with Crippen LogP contribution in [0.2, 0.25) is 0 Å². The number of aromatic nitrogens is 4. The third-order valence-electron chi connectivity index (χ3n) is 3.80. The number of hydrogen-bond donors (Lipinski definition) is 1. The van der Waals surface area contributed by atoms with Crippen LogP contribution in [-0.4, -0.2) is 31.1 Å². The first-order chi connectivity index (χ1) is 10.8. The molecule has 4 rings (SSSR count). The smallest absolute Gasteiger partial charge is 0.167 e. The number of rotatable bonds is 3. The zero-order valence-corrected chi connectivity index (χ0v) is 12.0. The maximum Gasteiger partial charge on any atom is 0.167 e. The Balaban J connectivity index is 1.53. The van der Waals surface area contributed by atoms with Gasteiger partial charge in [0.1, 0.15) is 11.8 Å². The number of hydroxylamine groups is 2. The third-order valence-corrected chi connectivity index (χ3v) is 3.80. The highest BCUT2D eigenvalue weighted by molar-refractivity contribution is 5.81. The van der Waals surface area contributed by atoms with Crippen LogP contribution in [0.1, 0.15) is 18.2 Å². The number of nitrogen functional groups attached to an aromatic ring is 1. The van der Waals surface area contributed by atoms with Crippen molar-refractivity contribution in [3.8, 4) is 0 Å². The van der Waals surface area contributed by atoms with Crippen LogP contribution in [0.25, 0.3) is 11.2 Å². The Morgan fingerprint density at radius 1 is 1.18 bits per heavy atom. The van der Waals surface area contributed by atoms with E-state index in [2.05, 4.69) is 27.1 Å². The van der Waals surface area contributed by atoms with Gasteiger partial charge >= 0.3 is 0 Å². The minimum Gasteiger partial charge on any atom is -0.382 e. The number of nitrogens with two attached hydrogens (primary N) is 1. The van der Waals surface area contributed by atoms with E-state index in [0.29, 0.717) is 17.0 Å². The van der Waals surface area contributed by atoms with Crippen LogP contribution in [0.4, 0.5) is 5.82 Å². The van der Waals surface area contributed by atoms with Gasteiger partial charge < -0.3 is 5.73 Å². The van der Waals surface area contributed by atoms with Crippen molar-refractivity contribution in [2.75, 3.05) is 12.3 Å². The number of anilines is 1. The molecule has 1 unspecified atom stereocenters. The summed E-state index contributed by atoms with van der Waals surface area (Å²) in [6.45, 7) is 1.63. The lowest BCUT2D eigenvalue weighted by molar-refractivity contribution is -0.174. The van der Waals surface area contributed by atoms with Crippen molar-refractivity contribution >= 4 is 17.0 Å². The molecule has 7 nitrogen and oxygen atoms in total. The van der Waals surface area contributed by atoms with Crippen LogP contribution >= 0.6 is 0 Å². The van der Waals surface area contributed by atoms with Crippen LogP contribution in [-0.2, 0) is 11.4 Å². The monoisotopic (exact) mass is 296 g/mol.